The highest BCUT2D eigenvalue weighted by Gasteiger charge is 2.15. The van der Waals surface area contributed by atoms with Crippen LogP contribution < -0.4 is 15.0 Å². The second-order valence-electron chi connectivity index (χ2n) is 6.15. The molecule has 0 unspecified atom stereocenters. The Kier molecular flexibility index (Phi) is 6.24. The minimum Gasteiger partial charge on any atom is -0.496 e. The Bertz CT molecular complexity index is 666. The molecule has 1 N–H and O–H groups in total. The summed E-state index contributed by atoms with van der Waals surface area (Å²) in [4.78, 5) is 14.5. The number of ether oxygens (including phenoxy) is 1. The van der Waals surface area contributed by atoms with E-state index in [2.05, 4.69) is 55.3 Å². The average Bonchev–Trinajstić information content (AvgIpc) is 2.58. The number of carbonyl (C=O) groups is 1. The van der Waals surface area contributed by atoms with Gasteiger partial charge in [-0.1, -0.05) is 35.9 Å². The van der Waals surface area contributed by atoms with E-state index in [1.165, 1.54) is 5.56 Å². The van der Waals surface area contributed by atoms with Crippen molar-refractivity contribution in [3.05, 3.63) is 59.7 Å². The Labute approximate surface area is 144 Å². The Hall–Kier alpha value is -2.49. The van der Waals surface area contributed by atoms with Crippen LogP contribution in [0.5, 0.6) is 5.75 Å². The summed E-state index contributed by atoms with van der Waals surface area (Å²) in [5.74, 6) is 0.784. The van der Waals surface area contributed by atoms with Crippen molar-refractivity contribution < 1.29 is 9.53 Å². The van der Waals surface area contributed by atoms with Crippen LogP contribution in [0.4, 0.5) is 5.69 Å². The smallest absolute Gasteiger partial charge is 0.239 e. The van der Waals surface area contributed by atoms with E-state index < -0.39 is 0 Å². The minimum atomic E-state index is -0.00446. The average molecular weight is 326 g/mol. The van der Waals surface area contributed by atoms with Gasteiger partial charge in [-0.25, -0.2) is 0 Å². The number of aryl methyl sites for hydroxylation is 1. The summed E-state index contributed by atoms with van der Waals surface area (Å²) in [6.07, 6.45) is 0. The second-order valence-corrected chi connectivity index (χ2v) is 6.15. The van der Waals surface area contributed by atoms with E-state index in [1.807, 2.05) is 24.3 Å². The number of methoxy groups -OCH3 is 1. The van der Waals surface area contributed by atoms with Gasteiger partial charge in [-0.15, -0.1) is 0 Å². The molecule has 4 heteroatoms. The third-order valence-electron chi connectivity index (χ3n) is 3.97. The second kappa shape index (κ2) is 8.39. The van der Waals surface area contributed by atoms with Gasteiger partial charge in [-0.05, 0) is 39.0 Å². The largest absolute Gasteiger partial charge is 0.496 e. The maximum Gasteiger partial charge on any atom is 0.239 e. The van der Waals surface area contributed by atoms with Gasteiger partial charge in [0.1, 0.15) is 5.75 Å². The van der Waals surface area contributed by atoms with Crippen molar-refractivity contribution in [3.8, 4) is 5.75 Å². The topological polar surface area (TPSA) is 41.6 Å². The molecule has 0 aliphatic heterocycles. The molecule has 0 bridgehead atoms. The van der Waals surface area contributed by atoms with Crippen LogP contribution in [0, 0.1) is 6.92 Å². The van der Waals surface area contributed by atoms with Gasteiger partial charge in [0.05, 0.1) is 13.7 Å². The number of para-hydroxylation sites is 1. The maximum atomic E-state index is 12.4. The van der Waals surface area contributed by atoms with E-state index >= 15 is 0 Å². The molecular formula is C20H26N2O2. The number of anilines is 1. The zero-order valence-corrected chi connectivity index (χ0v) is 14.9. The van der Waals surface area contributed by atoms with Gasteiger partial charge in [0.2, 0.25) is 5.91 Å². The molecule has 0 heterocycles. The number of benzene rings is 2. The van der Waals surface area contributed by atoms with E-state index in [4.69, 9.17) is 4.74 Å². The molecule has 0 radical (unpaired) electrons. The molecule has 0 aliphatic carbocycles. The molecule has 0 aromatic heterocycles. The van der Waals surface area contributed by atoms with E-state index in [-0.39, 0.29) is 11.9 Å². The molecule has 128 valence electrons. The van der Waals surface area contributed by atoms with Crippen LogP contribution in [0.25, 0.3) is 0 Å². The maximum absolute atomic E-state index is 12.4. The van der Waals surface area contributed by atoms with Crippen LogP contribution in [-0.4, -0.2) is 25.6 Å². The summed E-state index contributed by atoms with van der Waals surface area (Å²) in [5.41, 5.74) is 3.24. The SMILES string of the molecule is COc1ccccc1CNC(=O)CN(c1ccc(C)cc1)C(C)C. The Morgan fingerprint density at radius 1 is 1.12 bits per heavy atom. The number of rotatable bonds is 7. The lowest BCUT2D eigenvalue weighted by Gasteiger charge is -2.28. The Morgan fingerprint density at radius 3 is 2.42 bits per heavy atom. The summed E-state index contributed by atoms with van der Waals surface area (Å²) in [6.45, 7) is 7.03. The molecule has 2 aromatic rings. The van der Waals surface area contributed by atoms with E-state index in [9.17, 15) is 4.79 Å². The van der Waals surface area contributed by atoms with Crippen molar-refractivity contribution in [1.29, 1.82) is 0 Å². The number of hydrogen-bond donors (Lipinski definition) is 1. The van der Waals surface area contributed by atoms with Crippen molar-refractivity contribution in [2.24, 2.45) is 0 Å². The summed E-state index contributed by atoms with van der Waals surface area (Å²) in [6, 6.07) is 16.2. The summed E-state index contributed by atoms with van der Waals surface area (Å²) < 4.78 is 5.32. The van der Waals surface area contributed by atoms with Crippen LogP contribution in [0.15, 0.2) is 48.5 Å². The van der Waals surface area contributed by atoms with Gasteiger partial charge in [0.15, 0.2) is 0 Å². The van der Waals surface area contributed by atoms with Gasteiger partial charge < -0.3 is 15.0 Å². The van der Waals surface area contributed by atoms with E-state index in [1.54, 1.807) is 7.11 Å². The van der Waals surface area contributed by atoms with Crippen molar-refractivity contribution in [2.75, 3.05) is 18.6 Å². The highest BCUT2D eigenvalue weighted by Crippen LogP contribution is 2.18. The van der Waals surface area contributed by atoms with Crippen molar-refractivity contribution in [2.45, 2.75) is 33.4 Å². The Morgan fingerprint density at radius 2 is 1.79 bits per heavy atom. The van der Waals surface area contributed by atoms with Crippen LogP contribution in [0.2, 0.25) is 0 Å². The Balaban J connectivity index is 1.99. The van der Waals surface area contributed by atoms with Crippen LogP contribution in [-0.2, 0) is 11.3 Å². The molecule has 0 atom stereocenters. The number of amides is 1. The third-order valence-corrected chi connectivity index (χ3v) is 3.97. The summed E-state index contributed by atoms with van der Waals surface area (Å²) in [7, 11) is 1.64. The predicted octanol–water partition coefficient (Wildman–Crippen LogP) is 3.53. The first kappa shape index (κ1) is 17.9. The first-order valence-electron chi connectivity index (χ1n) is 8.23. The normalized spacial score (nSPS) is 10.5. The number of carbonyl (C=O) groups excluding carboxylic acids is 1. The molecule has 0 aliphatic rings. The van der Waals surface area contributed by atoms with Crippen molar-refractivity contribution in [3.63, 3.8) is 0 Å². The predicted molar refractivity (Wildman–Crippen MR) is 98.5 cm³/mol. The van der Waals surface area contributed by atoms with Gasteiger partial charge in [-0.2, -0.15) is 0 Å². The lowest BCUT2D eigenvalue weighted by molar-refractivity contribution is -0.120. The molecule has 24 heavy (non-hydrogen) atoms. The fourth-order valence-electron chi connectivity index (χ4n) is 2.56. The van der Waals surface area contributed by atoms with E-state index in [0.717, 1.165) is 17.0 Å². The third kappa shape index (κ3) is 4.75. The molecule has 4 nitrogen and oxygen atoms in total. The monoisotopic (exact) mass is 326 g/mol. The van der Waals surface area contributed by atoms with E-state index in [0.29, 0.717) is 13.1 Å². The summed E-state index contributed by atoms with van der Waals surface area (Å²) >= 11 is 0. The molecule has 0 saturated carbocycles. The number of nitrogens with zero attached hydrogens (tertiary/aromatic N) is 1. The highest BCUT2D eigenvalue weighted by molar-refractivity contribution is 5.81. The molecule has 0 spiro atoms. The number of nitrogens with one attached hydrogen (secondary N) is 1. The fourth-order valence-corrected chi connectivity index (χ4v) is 2.56. The van der Waals surface area contributed by atoms with Crippen LogP contribution in [0.3, 0.4) is 0 Å². The van der Waals surface area contributed by atoms with Gasteiger partial charge >= 0.3 is 0 Å². The molecule has 1 amide bonds. The first-order chi connectivity index (χ1) is 11.5. The van der Waals surface area contributed by atoms with Gasteiger partial charge in [-0.3, -0.25) is 4.79 Å². The van der Waals surface area contributed by atoms with Crippen LogP contribution >= 0.6 is 0 Å². The standard InChI is InChI=1S/C20H26N2O2/c1-15(2)22(18-11-9-16(3)10-12-18)14-20(23)21-13-17-7-5-6-8-19(17)24-4/h5-12,15H,13-14H2,1-4H3,(H,21,23). The number of hydrogen-bond acceptors (Lipinski definition) is 3. The molecule has 0 saturated heterocycles. The van der Waals surface area contributed by atoms with Crippen molar-refractivity contribution >= 4 is 11.6 Å². The minimum absolute atomic E-state index is 0.00446. The lowest BCUT2D eigenvalue weighted by atomic mass is 10.2. The zero-order valence-electron chi connectivity index (χ0n) is 14.9. The molecule has 0 fully saturated rings. The van der Waals surface area contributed by atoms with Crippen molar-refractivity contribution in [1.82, 2.24) is 5.32 Å². The van der Waals surface area contributed by atoms with Gasteiger partial charge in [0, 0.05) is 23.8 Å². The lowest BCUT2D eigenvalue weighted by Crippen LogP contribution is -2.40. The molecular weight excluding hydrogens is 300 g/mol. The van der Waals surface area contributed by atoms with Gasteiger partial charge in [0.25, 0.3) is 0 Å². The molecule has 2 aromatic carbocycles. The molecule has 2 rings (SSSR count). The zero-order chi connectivity index (χ0) is 17.5. The first-order valence-corrected chi connectivity index (χ1v) is 8.23. The quantitative estimate of drug-likeness (QED) is 0.846. The fraction of sp³-hybridized carbons (Fsp3) is 0.350. The van der Waals surface area contributed by atoms with Crippen LogP contribution in [0.1, 0.15) is 25.0 Å². The summed E-state index contributed by atoms with van der Waals surface area (Å²) in [5, 5.41) is 2.98. The highest BCUT2D eigenvalue weighted by atomic mass is 16.5.